The van der Waals surface area contributed by atoms with Gasteiger partial charge in [-0.25, -0.2) is 0 Å². The van der Waals surface area contributed by atoms with E-state index in [-0.39, 0.29) is 0 Å². The van der Waals surface area contributed by atoms with Gasteiger partial charge in [-0.05, 0) is 6.07 Å². The Morgan fingerprint density at radius 2 is 2.12 bits per heavy atom. The summed E-state index contributed by atoms with van der Waals surface area (Å²) in [6, 6.07) is 5.54. The van der Waals surface area contributed by atoms with Gasteiger partial charge in [-0.3, -0.25) is 0 Å². The normalized spacial score (nSPS) is 21.2. The maximum atomic E-state index is 6.16. The van der Waals surface area contributed by atoms with Gasteiger partial charge in [0.2, 0.25) is 5.79 Å². The molecule has 17 heavy (non-hydrogen) atoms. The van der Waals surface area contributed by atoms with Gasteiger partial charge in [0.15, 0.2) is 6.10 Å². The highest BCUT2D eigenvalue weighted by atomic mass is 35.5. The SMILES string of the molecule is C#CC1OC(CC)(CC)Oc2c(Cl)cccc21. The van der Waals surface area contributed by atoms with Crippen molar-refractivity contribution in [2.45, 2.75) is 38.6 Å². The minimum atomic E-state index is -0.658. The number of halogens is 1. The second-order valence-electron chi connectivity index (χ2n) is 4.04. The van der Waals surface area contributed by atoms with Crippen molar-refractivity contribution in [3.8, 4) is 18.1 Å². The standard InChI is InChI=1S/C14H15ClO2/c1-4-12-10-8-7-9-11(15)13(10)17-14(5-2,6-3)16-12/h1,7-9,12H,5-6H2,2-3H3. The van der Waals surface area contributed by atoms with Crippen molar-refractivity contribution >= 4 is 11.6 Å². The molecule has 1 aromatic carbocycles. The van der Waals surface area contributed by atoms with Crippen LogP contribution in [0.5, 0.6) is 5.75 Å². The van der Waals surface area contributed by atoms with Gasteiger partial charge in [-0.2, -0.15) is 0 Å². The molecule has 0 aliphatic carbocycles. The van der Waals surface area contributed by atoms with Crippen LogP contribution in [-0.4, -0.2) is 5.79 Å². The fourth-order valence-electron chi connectivity index (χ4n) is 2.01. The van der Waals surface area contributed by atoms with E-state index in [1.54, 1.807) is 6.07 Å². The number of hydrogen-bond donors (Lipinski definition) is 0. The van der Waals surface area contributed by atoms with Crippen molar-refractivity contribution in [1.29, 1.82) is 0 Å². The lowest BCUT2D eigenvalue weighted by molar-refractivity contribution is -0.219. The third-order valence-electron chi connectivity index (χ3n) is 3.13. The molecule has 0 N–H and O–H groups in total. The van der Waals surface area contributed by atoms with Crippen LogP contribution in [0.3, 0.4) is 0 Å². The van der Waals surface area contributed by atoms with Gasteiger partial charge in [-0.1, -0.05) is 43.5 Å². The number of fused-ring (bicyclic) bond motifs is 1. The van der Waals surface area contributed by atoms with Crippen LogP contribution in [0.1, 0.15) is 38.4 Å². The monoisotopic (exact) mass is 250 g/mol. The molecule has 1 atom stereocenters. The van der Waals surface area contributed by atoms with Crippen molar-refractivity contribution in [1.82, 2.24) is 0 Å². The van der Waals surface area contributed by atoms with Crippen LogP contribution in [0, 0.1) is 12.3 Å². The molecule has 0 amide bonds. The van der Waals surface area contributed by atoms with E-state index in [0.29, 0.717) is 10.8 Å². The van der Waals surface area contributed by atoms with E-state index >= 15 is 0 Å². The van der Waals surface area contributed by atoms with Crippen molar-refractivity contribution in [3.63, 3.8) is 0 Å². The van der Waals surface area contributed by atoms with Crippen molar-refractivity contribution in [2.24, 2.45) is 0 Å². The molecule has 1 aliphatic rings. The molecule has 90 valence electrons. The minimum Gasteiger partial charge on any atom is -0.460 e. The number of ether oxygens (including phenoxy) is 2. The van der Waals surface area contributed by atoms with Gasteiger partial charge in [0.05, 0.1) is 5.02 Å². The Balaban J connectivity index is 2.51. The molecule has 1 heterocycles. The lowest BCUT2D eigenvalue weighted by Crippen LogP contribution is -2.42. The predicted octanol–water partition coefficient (Wildman–Crippen LogP) is 3.94. The van der Waals surface area contributed by atoms with E-state index < -0.39 is 11.9 Å². The Hall–Kier alpha value is -1.17. The molecule has 0 aromatic heterocycles. The second-order valence-corrected chi connectivity index (χ2v) is 4.45. The summed E-state index contributed by atoms with van der Waals surface area (Å²) in [6.07, 6.45) is 6.59. The molecule has 1 unspecified atom stereocenters. The molecule has 1 aromatic rings. The third-order valence-corrected chi connectivity index (χ3v) is 3.43. The Labute approximate surface area is 107 Å². The van der Waals surface area contributed by atoms with Crippen LogP contribution in [0.25, 0.3) is 0 Å². The zero-order valence-corrected chi connectivity index (χ0v) is 10.8. The summed E-state index contributed by atoms with van der Waals surface area (Å²) < 4.78 is 11.8. The zero-order valence-electron chi connectivity index (χ0n) is 10.00. The lowest BCUT2D eigenvalue weighted by Gasteiger charge is -2.40. The summed E-state index contributed by atoms with van der Waals surface area (Å²) in [4.78, 5) is 0. The van der Waals surface area contributed by atoms with Crippen molar-refractivity contribution < 1.29 is 9.47 Å². The predicted molar refractivity (Wildman–Crippen MR) is 68.1 cm³/mol. The molecule has 0 radical (unpaired) electrons. The molecule has 3 heteroatoms. The van der Waals surface area contributed by atoms with E-state index in [1.165, 1.54) is 0 Å². The fraction of sp³-hybridized carbons (Fsp3) is 0.429. The molecular formula is C14H15ClO2. The lowest BCUT2D eigenvalue weighted by atomic mass is 10.0. The molecule has 2 rings (SSSR count). The van der Waals surface area contributed by atoms with Crippen LogP contribution in [0.15, 0.2) is 18.2 Å². The zero-order chi connectivity index (χ0) is 12.5. The van der Waals surface area contributed by atoms with Crippen molar-refractivity contribution in [2.75, 3.05) is 0 Å². The number of para-hydroxylation sites is 1. The van der Waals surface area contributed by atoms with Gasteiger partial charge in [0.25, 0.3) is 0 Å². The Kier molecular flexibility index (Phi) is 3.33. The topological polar surface area (TPSA) is 18.5 Å². The van der Waals surface area contributed by atoms with E-state index in [2.05, 4.69) is 5.92 Å². The summed E-state index contributed by atoms with van der Waals surface area (Å²) in [6.45, 7) is 4.03. The minimum absolute atomic E-state index is 0.391. The number of benzene rings is 1. The van der Waals surface area contributed by atoms with Gasteiger partial charge in [-0.15, -0.1) is 6.42 Å². The third kappa shape index (κ3) is 2.01. The molecule has 0 spiro atoms. The first-order valence-corrected chi connectivity index (χ1v) is 6.15. The first-order valence-electron chi connectivity index (χ1n) is 5.77. The van der Waals surface area contributed by atoms with E-state index in [0.717, 1.165) is 18.4 Å². The highest BCUT2D eigenvalue weighted by Gasteiger charge is 2.39. The largest absolute Gasteiger partial charge is 0.460 e. The molecule has 0 saturated carbocycles. The molecule has 2 nitrogen and oxygen atoms in total. The van der Waals surface area contributed by atoms with Gasteiger partial charge in [0.1, 0.15) is 5.75 Å². The summed E-state index contributed by atoms with van der Waals surface area (Å²) in [5.41, 5.74) is 0.831. The van der Waals surface area contributed by atoms with Gasteiger partial charge in [0, 0.05) is 18.4 Å². The molecule has 1 aliphatic heterocycles. The van der Waals surface area contributed by atoms with Crippen LogP contribution >= 0.6 is 11.6 Å². The Morgan fingerprint density at radius 3 is 2.71 bits per heavy atom. The van der Waals surface area contributed by atoms with Crippen LogP contribution < -0.4 is 4.74 Å². The Morgan fingerprint density at radius 1 is 1.41 bits per heavy atom. The average molecular weight is 251 g/mol. The fourth-order valence-corrected chi connectivity index (χ4v) is 2.23. The van der Waals surface area contributed by atoms with E-state index in [9.17, 15) is 0 Å². The summed E-state index contributed by atoms with van der Waals surface area (Å²) >= 11 is 6.16. The Bertz CT molecular complexity index is 458. The van der Waals surface area contributed by atoms with Gasteiger partial charge < -0.3 is 9.47 Å². The summed E-state index contributed by atoms with van der Waals surface area (Å²) in [7, 11) is 0. The number of hydrogen-bond acceptors (Lipinski definition) is 2. The second kappa shape index (κ2) is 4.60. The van der Waals surface area contributed by atoms with Crippen molar-refractivity contribution in [3.05, 3.63) is 28.8 Å². The first-order chi connectivity index (χ1) is 8.15. The average Bonchev–Trinajstić information content (AvgIpc) is 2.38. The quantitative estimate of drug-likeness (QED) is 0.741. The number of terminal acetylenes is 1. The molecule has 0 fully saturated rings. The van der Waals surface area contributed by atoms with Crippen LogP contribution in [-0.2, 0) is 4.74 Å². The van der Waals surface area contributed by atoms with Gasteiger partial charge >= 0.3 is 0 Å². The van der Waals surface area contributed by atoms with Crippen LogP contribution in [0.4, 0.5) is 0 Å². The highest BCUT2D eigenvalue weighted by Crippen LogP contribution is 2.44. The number of rotatable bonds is 2. The van der Waals surface area contributed by atoms with Crippen LogP contribution in [0.2, 0.25) is 5.02 Å². The summed E-state index contributed by atoms with van der Waals surface area (Å²) in [5, 5.41) is 0.581. The first kappa shape index (κ1) is 12.3. The summed E-state index contributed by atoms with van der Waals surface area (Å²) in [5.74, 6) is 2.65. The van der Waals surface area contributed by atoms with E-state index in [1.807, 2.05) is 26.0 Å². The molecule has 0 bridgehead atoms. The highest BCUT2D eigenvalue weighted by molar-refractivity contribution is 6.32. The molecule has 0 saturated heterocycles. The smallest absolute Gasteiger partial charge is 0.211 e. The maximum Gasteiger partial charge on any atom is 0.211 e. The van der Waals surface area contributed by atoms with E-state index in [4.69, 9.17) is 27.5 Å². The molecular weight excluding hydrogens is 236 g/mol. The maximum absolute atomic E-state index is 6.16.